The molecule has 0 spiro atoms. The van der Waals surface area contributed by atoms with E-state index in [0.29, 0.717) is 0 Å². The minimum absolute atomic E-state index is 0. The first-order chi connectivity index (χ1) is 14.4. The van der Waals surface area contributed by atoms with Crippen molar-refractivity contribution in [1.82, 2.24) is 0 Å². The van der Waals surface area contributed by atoms with Crippen LogP contribution in [0, 0.1) is 48.5 Å². The Morgan fingerprint density at radius 3 is 0.900 bits per heavy atom. The zero-order chi connectivity index (χ0) is 20.0. The first-order valence-corrected chi connectivity index (χ1v) is 15.0. The number of rotatable bonds is 3. The molecular weight excluding hydrogens is 599 g/mol. The Hall–Kier alpha value is -2.20. The van der Waals surface area contributed by atoms with Gasteiger partial charge < -0.3 is 60.7 Å². The van der Waals surface area contributed by atoms with Crippen molar-refractivity contribution in [2.24, 2.45) is 0 Å². The van der Waals surface area contributed by atoms with Gasteiger partial charge in [0.1, 0.15) is 0 Å². The van der Waals surface area contributed by atoms with Gasteiger partial charge in [-0.1, -0.05) is 0 Å². The number of hydrogen-bond acceptors (Lipinski definition) is 0. The van der Waals surface area contributed by atoms with Crippen LogP contribution in [0.1, 0.15) is 0 Å². The summed E-state index contributed by atoms with van der Waals surface area (Å²) in [5.74, 6) is 0. The van der Waals surface area contributed by atoms with Crippen molar-refractivity contribution in [2.45, 2.75) is 0 Å². The van der Waals surface area contributed by atoms with Crippen molar-refractivity contribution in [3.05, 3.63) is 152 Å². The topological polar surface area (TPSA) is 0 Å². The van der Waals surface area contributed by atoms with Crippen LogP contribution in [0.15, 0.2) is 103 Å². The van der Waals surface area contributed by atoms with Crippen LogP contribution in [0.4, 0.5) is 0 Å². The molecule has 0 atom stereocenters. The van der Waals surface area contributed by atoms with Crippen LogP contribution in [0.2, 0.25) is 0 Å². The first-order valence-electron chi connectivity index (χ1n) is 9.14. The van der Waals surface area contributed by atoms with Crippen molar-refractivity contribution < 1.29 is 17.1 Å². The standard InChI is InChI=1S/3C6H5.2C5H.Fe.Pb/c3*1-2-4-6-5-3-1;2*1-2-4-5-3-1;;/h3*1-5H;2*1H;;/q;;;2*-5;+2;. The summed E-state index contributed by atoms with van der Waals surface area (Å²) in [5.41, 5.74) is 0. The van der Waals surface area contributed by atoms with E-state index in [1.165, 1.54) is 0 Å². The summed E-state index contributed by atoms with van der Waals surface area (Å²) in [6.07, 6.45) is 0. The second kappa shape index (κ2) is 14.7. The first kappa shape index (κ1) is 24.1. The van der Waals surface area contributed by atoms with Crippen LogP contribution in [-0.4, -0.2) is 22.7 Å². The molecule has 5 aromatic rings. The summed E-state index contributed by atoms with van der Waals surface area (Å²) in [5, 5.41) is 0. The minimum atomic E-state index is -2.17. The summed E-state index contributed by atoms with van der Waals surface area (Å²) in [6.45, 7) is 0. The van der Waals surface area contributed by atoms with Gasteiger partial charge in [-0.2, -0.15) is 0 Å². The Balaban J connectivity index is 0.000000239. The van der Waals surface area contributed by atoms with E-state index >= 15 is 0 Å². The molecular formula is C28H17FePb-8. The molecule has 0 saturated carbocycles. The van der Waals surface area contributed by atoms with Crippen LogP contribution < -0.4 is 9.37 Å². The average molecular weight is 616 g/mol. The fourth-order valence-corrected chi connectivity index (χ4v) is 12.7. The third kappa shape index (κ3) is 8.27. The molecule has 0 fully saturated rings. The van der Waals surface area contributed by atoms with Gasteiger partial charge in [-0.25, -0.2) is 0 Å². The molecule has 149 valence electrons. The van der Waals surface area contributed by atoms with E-state index in [0.717, 1.165) is 0 Å². The third-order valence-corrected chi connectivity index (χ3v) is 14.5. The quantitative estimate of drug-likeness (QED) is 0.216. The molecule has 0 aliphatic rings. The van der Waals surface area contributed by atoms with E-state index in [1.54, 1.807) is 21.5 Å². The second-order valence-corrected chi connectivity index (χ2v) is 15.5. The fourth-order valence-electron chi connectivity index (χ4n) is 2.68. The summed E-state index contributed by atoms with van der Waals surface area (Å²) >= 11 is -2.17. The van der Waals surface area contributed by atoms with Gasteiger partial charge in [0.15, 0.2) is 0 Å². The zero-order valence-corrected chi connectivity index (χ0v) is 21.2. The molecule has 1 radical (unpaired) electrons. The monoisotopic (exact) mass is 617 g/mol. The summed E-state index contributed by atoms with van der Waals surface area (Å²) < 4.78 is 4.64. The van der Waals surface area contributed by atoms with Crippen LogP contribution >= 0.6 is 0 Å². The van der Waals surface area contributed by atoms with Crippen molar-refractivity contribution in [3.63, 3.8) is 0 Å². The molecule has 5 aromatic carbocycles. The maximum atomic E-state index is 2.62. The molecule has 0 amide bonds. The van der Waals surface area contributed by atoms with Crippen LogP contribution in [-0.2, 0) is 17.1 Å². The molecule has 0 aliphatic carbocycles. The molecule has 0 nitrogen and oxygen atoms in total. The Labute approximate surface area is 199 Å². The van der Waals surface area contributed by atoms with Gasteiger partial charge in [-0.05, 0) is 0 Å². The van der Waals surface area contributed by atoms with Crippen LogP contribution in [0.3, 0.4) is 0 Å². The molecule has 30 heavy (non-hydrogen) atoms. The van der Waals surface area contributed by atoms with Crippen LogP contribution in [0.5, 0.6) is 0 Å². The summed E-state index contributed by atoms with van der Waals surface area (Å²) in [4.78, 5) is 0. The summed E-state index contributed by atoms with van der Waals surface area (Å²) in [6, 6.07) is 57.0. The molecule has 0 bridgehead atoms. The Kier molecular flexibility index (Phi) is 11.8. The van der Waals surface area contributed by atoms with E-state index in [9.17, 15) is 0 Å². The van der Waals surface area contributed by atoms with E-state index in [-0.39, 0.29) is 17.1 Å². The van der Waals surface area contributed by atoms with Crippen LogP contribution in [0.25, 0.3) is 0 Å². The fraction of sp³-hybridized carbons (Fsp3) is 0. The third-order valence-electron chi connectivity index (χ3n) is 3.89. The Morgan fingerprint density at radius 2 is 0.700 bits per heavy atom. The van der Waals surface area contributed by atoms with Crippen molar-refractivity contribution in [1.29, 1.82) is 0 Å². The number of benzene rings is 3. The zero-order valence-electron chi connectivity index (χ0n) is 16.2. The van der Waals surface area contributed by atoms with Crippen molar-refractivity contribution >= 4 is 32.1 Å². The number of hydrogen-bond donors (Lipinski definition) is 0. The van der Waals surface area contributed by atoms with Crippen molar-refractivity contribution in [2.75, 3.05) is 0 Å². The normalized spacial score (nSPS) is 9.37. The predicted octanol–water partition coefficient (Wildman–Crippen LogP) is 3.41. The van der Waals surface area contributed by atoms with Gasteiger partial charge in [-0.15, -0.1) is 0 Å². The van der Waals surface area contributed by atoms with E-state index in [1.807, 2.05) is 0 Å². The molecule has 0 aliphatic heterocycles. The van der Waals surface area contributed by atoms with E-state index < -0.39 is 22.7 Å². The molecule has 0 saturated heterocycles. The van der Waals surface area contributed by atoms with E-state index in [2.05, 4.69) is 140 Å². The van der Waals surface area contributed by atoms with Gasteiger partial charge in [0, 0.05) is 0 Å². The van der Waals surface area contributed by atoms with Gasteiger partial charge in [0.25, 0.3) is 0 Å². The Bertz CT molecular complexity index is 822. The predicted molar refractivity (Wildman–Crippen MR) is 119 cm³/mol. The molecule has 0 heterocycles. The molecule has 2 heteroatoms. The van der Waals surface area contributed by atoms with E-state index in [4.69, 9.17) is 0 Å². The average Bonchev–Trinajstić information content (AvgIpc) is 3.55. The van der Waals surface area contributed by atoms with Gasteiger partial charge in [0.05, 0.1) is 0 Å². The molecule has 0 unspecified atom stereocenters. The summed E-state index contributed by atoms with van der Waals surface area (Å²) in [7, 11) is 0. The molecule has 0 N–H and O–H groups in total. The van der Waals surface area contributed by atoms with Gasteiger partial charge >= 0.3 is 140 Å². The molecule has 0 aromatic heterocycles. The SMILES string of the molecule is [Fe+2].[c-]1[c-][c-][cH-][c-]1.[c-]1[c-][c-][cH-][c-]1.c1cc[c]([Pb]([c]2ccccc2)[c]2ccccc2)cc1. The van der Waals surface area contributed by atoms with Gasteiger partial charge in [-0.3, -0.25) is 0 Å². The van der Waals surface area contributed by atoms with Gasteiger partial charge in [0.2, 0.25) is 0 Å². The Morgan fingerprint density at radius 1 is 0.433 bits per heavy atom. The van der Waals surface area contributed by atoms with Crippen molar-refractivity contribution in [3.8, 4) is 0 Å². The maximum absolute atomic E-state index is 2.62. The molecule has 5 rings (SSSR count). The second-order valence-electron chi connectivity index (χ2n) is 5.84.